The van der Waals surface area contributed by atoms with Crippen molar-refractivity contribution in [2.75, 3.05) is 32.1 Å². The number of primary amides is 1. The van der Waals surface area contributed by atoms with Gasteiger partial charge in [0, 0.05) is 19.1 Å². The molecule has 1 saturated heterocycles. The highest BCUT2D eigenvalue weighted by atomic mass is 32.1. The van der Waals surface area contributed by atoms with Crippen molar-refractivity contribution in [3.05, 3.63) is 23.8 Å². The fraction of sp³-hybridized carbons (Fsp3) is 0.467. The first-order valence-corrected chi connectivity index (χ1v) is 7.90. The van der Waals surface area contributed by atoms with Crippen LogP contribution < -0.4 is 10.6 Å². The first-order chi connectivity index (χ1) is 10.1. The zero-order chi connectivity index (χ0) is 15.0. The van der Waals surface area contributed by atoms with Crippen molar-refractivity contribution in [1.29, 1.82) is 0 Å². The molecule has 3 rings (SSSR count). The van der Waals surface area contributed by atoms with Gasteiger partial charge in [0.2, 0.25) is 0 Å². The molecule has 1 atom stereocenters. The Kier molecular flexibility index (Phi) is 3.82. The average molecular weight is 303 g/mol. The van der Waals surface area contributed by atoms with E-state index < -0.39 is 5.91 Å². The van der Waals surface area contributed by atoms with Crippen molar-refractivity contribution in [3.63, 3.8) is 0 Å². The van der Waals surface area contributed by atoms with Gasteiger partial charge in [0.1, 0.15) is 0 Å². The minimum Gasteiger partial charge on any atom is -0.366 e. The molecular formula is C15H19N4OS. The predicted molar refractivity (Wildman–Crippen MR) is 85.9 cm³/mol. The lowest BCUT2D eigenvalue weighted by Gasteiger charge is -2.26. The van der Waals surface area contributed by atoms with Gasteiger partial charge in [0.05, 0.1) is 15.8 Å². The Balaban J connectivity index is 1.97. The average Bonchev–Trinajstić information content (AvgIpc) is 3.02. The Morgan fingerprint density at radius 3 is 3.14 bits per heavy atom. The third-order valence-electron chi connectivity index (χ3n) is 3.79. The van der Waals surface area contributed by atoms with Crippen molar-refractivity contribution in [2.45, 2.75) is 18.9 Å². The summed E-state index contributed by atoms with van der Waals surface area (Å²) in [6, 6.07) is 7.07. The molecule has 1 aliphatic heterocycles. The molecule has 6 heteroatoms. The number of anilines is 1. The van der Waals surface area contributed by atoms with Gasteiger partial charge in [-0.3, -0.25) is 4.79 Å². The highest BCUT2D eigenvalue weighted by Gasteiger charge is 2.28. The SMILES string of the molecule is CN(C)CC1CCCN1c1nc2c(C(N)=O)[c]ccc2s1. The second kappa shape index (κ2) is 5.61. The molecule has 1 unspecified atom stereocenters. The van der Waals surface area contributed by atoms with E-state index in [4.69, 9.17) is 5.73 Å². The Morgan fingerprint density at radius 2 is 2.43 bits per heavy atom. The number of carbonyl (C=O) groups excluding carboxylic acids is 1. The lowest BCUT2D eigenvalue weighted by Crippen LogP contribution is -2.37. The van der Waals surface area contributed by atoms with Crippen LogP contribution in [0.3, 0.4) is 0 Å². The van der Waals surface area contributed by atoms with Crippen molar-refractivity contribution in [2.24, 2.45) is 5.73 Å². The Morgan fingerprint density at radius 1 is 1.62 bits per heavy atom. The number of carbonyl (C=O) groups is 1. The summed E-state index contributed by atoms with van der Waals surface area (Å²) < 4.78 is 0.994. The van der Waals surface area contributed by atoms with E-state index in [-0.39, 0.29) is 0 Å². The fourth-order valence-corrected chi connectivity index (χ4v) is 3.96. The summed E-state index contributed by atoms with van der Waals surface area (Å²) in [7, 11) is 4.18. The summed E-state index contributed by atoms with van der Waals surface area (Å²) in [6.07, 6.45) is 2.37. The molecule has 111 valence electrons. The predicted octanol–water partition coefficient (Wildman–Crippen LogP) is 1.73. The van der Waals surface area contributed by atoms with E-state index in [1.807, 2.05) is 6.07 Å². The van der Waals surface area contributed by atoms with Gasteiger partial charge < -0.3 is 15.5 Å². The number of nitrogens with zero attached hydrogens (tertiary/aromatic N) is 3. The van der Waals surface area contributed by atoms with E-state index >= 15 is 0 Å². The standard InChI is InChI=1S/C15H19N4OS/c1-18(2)9-10-5-4-8-19(10)15-17-13-11(14(16)20)6-3-7-12(13)21-15/h3,7,10H,4-5,8-9H2,1-2H3,(H2,16,20). The maximum atomic E-state index is 11.5. The normalized spacial score (nSPS) is 18.8. The minimum absolute atomic E-state index is 0.387. The number of nitrogens with two attached hydrogens (primary N) is 1. The van der Waals surface area contributed by atoms with Gasteiger partial charge in [-0.1, -0.05) is 17.4 Å². The molecule has 0 saturated carbocycles. The molecule has 2 N–H and O–H groups in total. The monoisotopic (exact) mass is 303 g/mol. The number of amides is 1. The molecule has 1 aromatic heterocycles. The number of benzene rings is 1. The van der Waals surface area contributed by atoms with Crippen LogP contribution in [-0.4, -0.2) is 49.0 Å². The van der Waals surface area contributed by atoms with Gasteiger partial charge in [0.15, 0.2) is 5.13 Å². The number of hydrogen-bond acceptors (Lipinski definition) is 5. The van der Waals surface area contributed by atoms with Crippen LogP contribution in [0.5, 0.6) is 0 Å². The van der Waals surface area contributed by atoms with E-state index in [0.717, 1.165) is 22.9 Å². The summed E-state index contributed by atoms with van der Waals surface area (Å²) in [5, 5.41) is 0.983. The van der Waals surface area contributed by atoms with Crippen LogP contribution >= 0.6 is 11.3 Å². The second-order valence-corrected chi connectivity index (χ2v) is 6.69. The largest absolute Gasteiger partial charge is 0.366 e. The first kappa shape index (κ1) is 14.3. The summed E-state index contributed by atoms with van der Waals surface area (Å²) in [5.41, 5.74) is 6.48. The summed E-state index contributed by atoms with van der Waals surface area (Å²) in [6.45, 7) is 2.04. The van der Waals surface area contributed by atoms with E-state index in [2.05, 4.69) is 34.9 Å². The quantitative estimate of drug-likeness (QED) is 0.934. The van der Waals surface area contributed by atoms with E-state index in [1.165, 1.54) is 12.8 Å². The summed E-state index contributed by atoms with van der Waals surface area (Å²) >= 11 is 1.63. The molecule has 0 aliphatic carbocycles. The lowest BCUT2D eigenvalue weighted by molar-refractivity contribution is 0.100. The molecule has 21 heavy (non-hydrogen) atoms. The van der Waals surface area contributed by atoms with Crippen LogP contribution in [0.1, 0.15) is 23.2 Å². The minimum atomic E-state index is -0.469. The highest BCUT2D eigenvalue weighted by molar-refractivity contribution is 7.22. The van der Waals surface area contributed by atoms with Gasteiger partial charge in [-0.2, -0.15) is 0 Å². The molecule has 1 amide bonds. The van der Waals surface area contributed by atoms with Crippen LogP contribution in [0.4, 0.5) is 5.13 Å². The number of aromatic nitrogens is 1. The van der Waals surface area contributed by atoms with Gasteiger partial charge in [-0.05, 0) is 39.1 Å². The molecule has 0 spiro atoms. The third-order valence-corrected chi connectivity index (χ3v) is 4.84. The first-order valence-electron chi connectivity index (χ1n) is 7.08. The molecule has 1 radical (unpaired) electrons. The van der Waals surface area contributed by atoms with Crippen molar-refractivity contribution in [3.8, 4) is 0 Å². The van der Waals surface area contributed by atoms with E-state index in [1.54, 1.807) is 17.4 Å². The summed E-state index contributed by atoms with van der Waals surface area (Å²) in [4.78, 5) is 20.7. The van der Waals surface area contributed by atoms with Gasteiger partial charge in [-0.25, -0.2) is 4.98 Å². The van der Waals surface area contributed by atoms with E-state index in [0.29, 0.717) is 17.1 Å². The van der Waals surface area contributed by atoms with Crippen LogP contribution in [-0.2, 0) is 0 Å². The number of fused-ring (bicyclic) bond motifs is 1. The number of rotatable bonds is 4. The van der Waals surface area contributed by atoms with Crippen LogP contribution in [0.2, 0.25) is 0 Å². The van der Waals surface area contributed by atoms with Crippen LogP contribution in [0, 0.1) is 6.07 Å². The van der Waals surface area contributed by atoms with Gasteiger partial charge >= 0.3 is 0 Å². The van der Waals surface area contributed by atoms with Crippen molar-refractivity contribution < 1.29 is 4.79 Å². The third kappa shape index (κ3) is 2.73. The van der Waals surface area contributed by atoms with Crippen LogP contribution in [0.25, 0.3) is 10.2 Å². The fourth-order valence-electron chi connectivity index (χ4n) is 2.89. The molecule has 1 aromatic carbocycles. The zero-order valence-electron chi connectivity index (χ0n) is 12.3. The summed E-state index contributed by atoms with van der Waals surface area (Å²) in [5.74, 6) is -0.469. The lowest BCUT2D eigenvalue weighted by atomic mass is 10.2. The van der Waals surface area contributed by atoms with Gasteiger partial charge in [0.25, 0.3) is 5.91 Å². The topological polar surface area (TPSA) is 62.5 Å². The van der Waals surface area contributed by atoms with Crippen molar-refractivity contribution >= 4 is 32.6 Å². The molecule has 1 aliphatic rings. The number of likely N-dealkylation sites (N-methyl/N-ethyl adjacent to an activating group) is 1. The van der Waals surface area contributed by atoms with Crippen molar-refractivity contribution in [1.82, 2.24) is 9.88 Å². The Hall–Kier alpha value is -1.66. The second-order valence-electron chi connectivity index (χ2n) is 5.68. The maximum absolute atomic E-state index is 11.5. The molecular weight excluding hydrogens is 284 g/mol. The molecule has 5 nitrogen and oxygen atoms in total. The zero-order valence-corrected chi connectivity index (χ0v) is 13.1. The van der Waals surface area contributed by atoms with Gasteiger partial charge in [-0.15, -0.1) is 0 Å². The Bertz CT molecular complexity index is 667. The molecule has 1 fully saturated rings. The number of hydrogen-bond donors (Lipinski definition) is 1. The molecule has 2 aromatic rings. The van der Waals surface area contributed by atoms with E-state index in [9.17, 15) is 4.79 Å². The molecule has 0 bridgehead atoms. The van der Waals surface area contributed by atoms with Crippen LogP contribution in [0.15, 0.2) is 12.1 Å². The smallest absolute Gasteiger partial charge is 0.251 e. The molecule has 2 heterocycles. The Labute approximate surface area is 128 Å². The maximum Gasteiger partial charge on any atom is 0.251 e. The number of thiazole rings is 1. The highest BCUT2D eigenvalue weighted by Crippen LogP contribution is 2.34.